The third-order valence-electron chi connectivity index (χ3n) is 3.66. The molecule has 112 valence electrons. The Morgan fingerprint density at radius 1 is 1.50 bits per heavy atom. The molecule has 1 saturated heterocycles. The molecule has 0 radical (unpaired) electrons. The van der Waals surface area contributed by atoms with Gasteiger partial charge in [0.15, 0.2) is 5.69 Å². The van der Waals surface area contributed by atoms with Gasteiger partial charge in [-0.3, -0.25) is 9.69 Å². The van der Waals surface area contributed by atoms with Gasteiger partial charge in [0.1, 0.15) is 0 Å². The van der Waals surface area contributed by atoms with Gasteiger partial charge in [0.05, 0.1) is 0 Å². The van der Waals surface area contributed by atoms with Gasteiger partial charge in [0, 0.05) is 31.2 Å². The number of halogens is 2. The number of carbonyl (C=O) groups excluding carboxylic acids is 1. The molecule has 1 unspecified atom stereocenters. The molecule has 1 aliphatic rings. The highest BCUT2D eigenvalue weighted by Crippen LogP contribution is 2.21. The SMILES string of the molecule is CC(C)N1CC(NC(=O)c2cc(C(F)F)on2)[C@@H](C)C1. The number of likely N-dealkylation sites (tertiary alicyclic amines) is 1. The van der Waals surface area contributed by atoms with Crippen LogP contribution in [0.15, 0.2) is 10.6 Å². The lowest BCUT2D eigenvalue weighted by atomic mass is 10.1. The Labute approximate surface area is 116 Å². The van der Waals surface area contributed by atoms with Crippen molar-refractivity contribution in [3.8, 4) is 0 Å². The maximum Gasteiger partial charge on any atom is 0.298 e. The quantitative estimate of drug-likeness (QED) is 0.921. The molecule has 1 aromatic rings. The van der Waals surface area contributed by atoms with E-state index in [2.05, 4.69) is 40.7 Å². The third kappa shape index (κ3) is 3.15. The molecule has 0 aliphatic carbocycles. The number of amides is 1. The molecule has 1 fully saturated rings. The average molecular weight is 287 g/mol. The molecule has 20 heavy (non-hydrogen) atoms. The van der Waals surface area contributed by atoms with Gasteiger partial charge >= 0.3 is 0 Å². The second-order valence-corrected chi connectivity index (χ2v) is 5.52. The van der Waals surface area contributed by atoms with Crippen molar-refractivity contribution in [2.75, 3.05) is 13.1 Å². The molecule has 0 saturated carbocycles. The molecule has 0 spiro atoms. The zero-order valence-electron chi connectivity index (χ0n) is 11.8. The van der Waals surface area contributed by atoms with Gasteiger partial charge in [-0.2, -0.15) is 0 Å². The summed E-state index contributed by atoms with van der Waals surface area (Å²) < 4.78 is 29.2. The molecule has 1 aliphatic heterocycles. The molecule has 0 bridgehead atoms. The molecule has 0 aromatic carbocycles. The van der Waals surface area contributed by atoms with Crippen LogP contribution in [0.25, 0.3) is 0 Å². The molecular formula is C13H19F2N3O2. The second-order valence-electron chi connectivity index (χ2n) is 5.52. The van der Waals surface area contributed by atoms with Crippen molar-refractivity contribution in [3.63, 3.8) is 0 Å². The topological polar surface area (TPSA) is 58.4 Å². The number of carbonyl (C=O) groups is 1. The Hall–Kier alpha value is -1.50. The van der Waals surface area contributed by atoms with Crippen molar-refractivity contribution >= 4 is 5.91 Å². The van der Waals surface area contributed by atoms with E-state index in [-0.39, 0.29) is 11.7 Å². The maximum atomic E-state index is 12.4. The monoisotopic (exact) mass is 287 g/mol. The van der Waals surface area contributed by atoms with E-state index in [0.29, 0.717) is 12.0 Å². The molecule has 2 atom stereocenters. The molecule has 2 rings (SSSR count). The van der Waals surface area contributed by atoms with Crippen molar-refractivity contribution in [1.29, 1.82) is 0 Å². The fourth-order valence-electron chi connectivity index (χ4n) is 2.36. The van der Waals surface area contributed by atoms with Crippen LogP contribution in [-0.2, 0) is 0 Å². The van der Waals surface area contributed by atoms with E-state index in [1.807, 2.05) is 0 Å². The first-order valence-electron chi connectivity index (χ1n) is 6.68. The first-order chi connectivity index (χ1) is 9.38. The van der Waals surface area contributed by atoms with Crippen LogP contribution in [0.3, 0.4) is 0 Å². The highest BCUT2D eigenvalue weighted by molar-refractivity contribution is 5.92. The van der Waals surface area contributed by atoms with Gasteiger partial charge in [0.25, 0.3) is 12.3 Å². The molecule has 2 heterocycles. The first-order valence-corrected chi connectivity index (χ1v) is 6.68. The lowest BCUT2D eigenvalue weighted by molar-refractivity contribution is 0.0916. The van der Waals surface area contributed by atoms with Crippen molar-refractivity contribution in [1.82, 2.24) is 15.4 Å². The van der Waals surface area contributed by atoms with E-state index in [1.54, 1.807) is 0 Å². The Morgan fingerprint density at radius 2 is 2.20 bits per heavy atom. The van der Waals surface area contributed by atoms with E-state index in [0.717, 1.165) is 19.2 Å². The smallest absolute Gasteiger partial charge is 0.298 e. The van der Waals surface area contributed by atoms with Crippen molar-refractivity contribution in [3.05, 3.63) is 17.5 Å². The summed E-state index contributed by atoms with van der Waals surface area (Å²) in [7, 11) is 0. The van der Waals surface area contributed by atoms with E-state index in [9.17, 15) is 13.6 Å². The summed E-state index contributed by atoms with van der Waals surface area (Å²) in [6.07, 6.45) is -2.76. The Kier molecular flexibility index (Phi) is 4.37. The molecule has 1 N–H and O–H groups in total. The third-order valence-corrected chi connectivity index (χ3v) is 3.66. The molecule has 1 amide bonds. The number of nitrogens with zero attached hydrogens (tertiary/aromatic N) is 2. The molecule has 5 nitrogen and oxygen atoms in total. The van der Waals surface area contributed by atoms with Crippen LogP contribution in [0.1, 0.15) is 43.4 Å². The van der Waals surface area contributed by atoms with Gasteiger partial charge in [-0.05, 0) is 19.8 Å². The minimum absolute atomic E-state index is 0.00315. The fourth-order valence-corrected chi connectivity index (χ4v) is 2.36. The normalized spacial score (nSPS) is 23.8. The lowest BCUT2D eigenvalue weighted by Crippen LogP contribution is -2.40. The lowest BCUT2D eigenvalue weighted by Gasteiger charge is -2.20. The summed E-state index contributed by atoms with van der Waals surface area (Å²) in [6, 6.07) is 1.40. The molecule has 7 heteroatoms. The van der Waals surface area contributed by atoms with E-state index in [1.165, 1.54) is 0 Å². The predicted molar refractivity (Wildman–Crippen MR) is 68.6 cm³/mol. The summed E-state index contributed by atoms with van der Waals surface area (Å²) in [5.41, 5.74) is -0.101. The van der Waals surface area contributed by atoms with E-state index >= 15 is 0 Å². The van der Waals surface area contributed by atoms with Crippen LogP contribution < -0.4 is 5.32 Å². The summed E-state index contributed by atoms with van der Waals surface area (Å²) in [4.78, 5) is 14.2. The minimum atomic E-state index is -2.76. The van der Waals surface area contributed by atoms with E-state index in [4.69, 9.17) is 0 Å². The highest BCUT2D eigenvalue weighted by atomic mass is 19.3. The zero-order valence-corrected chi connectivity index (χ0v) is 11.8. The van der Waals surface area contributed by atoms with E-state index < -0.39 is 18.1 Å². The summed E-state index contributed by atoms with van der Waals surface area (Å²) >= 11 is 0. The van der Waals surface area contributed by atoms with Gasteiger partial charge in [-0.25, -0.2) is 8.78 Å². The van der Waals surface area contributed by atoms with Crippen molar-refractivity contribution in [2.45, 2.75) is 39.3 Å². The van der Waals surface area contributed by atoms with Crippen LogP contribution in [0.4, 0.5) is 8.78 Å². The predicted octanol–water partition coefficient (Wildman–Crippen LogP) is 2.07. The number of hydrogen-bond donors (Lipinski definition) is 1. The van der Waals surface area contributed by atoms with Gasteiger partial charge in [-0.15, -0.1) is 0 Å². The van der Waals surface area contributed by atoms with Gasteiger partial charge in [-0.1, -0.05) is 12.1 Å². The average Bonchev–Trinajstić information content (AvgIpc) is 2.97. The Bertz CT molecular complexity index is 476. The standard InChI is InChI=1S/C13H19F2N3O2/c1-7(2)18-5-8(3)10(6-18)16-13(19)9-4-11(12(14)15)20-17-9/h4,7-8,10,12H,5-6H2,1-3H3,(H,16,19)/t8-,10?/m0/s1. The van der Waals surface area contributed by atoms with Crippen molar-refractivity contribution in [2.24, 2.45) is 5.92 Å². The second kappa shape index (κ2) is 5.87. The largest absolute Gasteiger partial charge is 0.354 e. The number of alkyl halides is 2. The first kappa shape index (κ1) is 14.9. The van der Waals surface area contributed by atoms with Crippen LogP contribution >= 0.6 is 0 Å². The summed E-state index contributed by atoms with van der Waals surface area (Å²) in [6.45, 7) is 7.92. The summed E-state index contributed by atoms with van der Waals surface area (Å²) in [5, 5.41) is 6.21. The minimum Gasteiger partial charge on any atom is -0.354 e. The highest BCUT2D eigenvalue weighted by Gasteiger charge is 2.32. The van der Waals surface area contributed by atoms with Gasteiger partial charge < -0.3 is 9.84 Å². The number of hydrogen-bond acceptors (Lipinski definition) is 4. The number of rotatable bonds is 4. The molecule has 1 aromatic heterocycles. The van der Waals surface area contributed by atoms with Crippen LogP contribution in [0.5, 0.6) is 0 Å². The fraction of sp³-hybridized carbons (Fsp3) is 0.692. The Balaban J connectivity index is 1.97. The summed E-state index contributed by atoms with van der Waals surface area (Å²) in [5.74, 6) is -0.746. The molecular weight excluding hydrogens is 268 g/mol. The van der Waals surface area contributed by atoms with Crippen LogP contribution in [-0.4, -0.2) is 41.1 Å². The zero-order chi connectivity index (χ0) is 14.9. The van der Waals surface area contributed by atoms with Crippen LogP contribution in [0.2, 0.25) is 0 Å². The maximum absolute atomic E-state index is 12.4. The van der Waals surface area contributed by atoms with Crippen LogP contribution in [0, 0.1) is 5.92 Å². The van der Waals surface area contributed by atoms with Gasteiger partial charge in [0.2, 0.25) is 5.76 Å². The number of nitrogens with one attached hydrogen (secondary N) is 1. The number of aromatic nitrogens is 1. The van der Waals surface area contributed by atoms with Crippen molar-refractivity contribution < 1.29 is 18.1 Å². The Morgan fingerprint density at radius 3 is 2.70 bits per heavy atom.